The van der Waals surface area contributed by atoms with Gasteiger partial charge in [-0.2, -0.15) is 5.10 Å². The molecule has 4 N–H and O–H groups in total. The highest BCUT2D eigenvalue weighted by atomic mass is 16.5. The summed E-state index contributed by atoms with van der Waals surface area (Å²) in [5, 5.41) is 10.1. The van der Waals surface area contributed by atoms with Gasteiger partial charge in [-0.15, -0.1) is 0 Å². The molecule has 12 heteroatoms. The number of nitrogens with one attached hydrogen (secondary N) is 2. The van der Waals surface area contributed by atoms with E-state index in [4.69, 9.17) is 15.2 Å². The third-order valence-electron chi connectivity index (χ3n) is 9.68. The van der Waals surface area contributed by atoms with Gasteiger partial charge in [-0.05, 0) is 43.4 Å². The number of rotatable bonds is 7. The monoisotopic (exact) mass is 614 g/mol. The van der Waals surface area contributed by atoms with Gasteiger partial charge in [0.1, 0.15) is 24.1 Å². The Kier molecular flexibility index (Phi) is 7.90. The van der Waals surface area contributed by atoms with E-state index in [1.807, 2.05) is 42.3 Å². The van der Waals surface area contributed by atoms with E-state index >= 15 is 0 Å². The number of nitrogen functional groups attached to an aromatic ring is 1. The zero-order chi connectivity index (χ0) is 31.1. The highest BCUT2D eigenvalue weighted by Gasteiger charge is 2.35. The number of hydrogen-bond donors (Lipinski definition) is 3. The van der Waals surface area contributed by atoms with E-state index in [-0.39, 0.29) is 11.8 Å². The van der Waals surface area contributed by atoms with E-state index in [1.165, 1.54) is 0 Å². The number of aromatic nitrogens is 2. The lowest BCUT2D eigenvalue weighted by Gasteiger charge is -2.47. The van der Waals surface area contributed by atoms with Crippen molar-refractivity contribution in [2.45, 2.75) is 37.8 Å². The van der Waals surface area contributed by atoms with Crippen molar-refractivity contribution in [2.75, 3.05) is 73.8 Å². The molecule has 3 saturated heterocycles. The number of anilines is 4. The number of hydrogen-bond acceptors (Lipinski definition) is 10. The molecule has 12 nitrogen and oxygen atoms in total. The van der Waals surface area contributed by atoms with E-state index in [2.05, 4.69) is 42.6 Å². The van der Waals surface area contributed by atoms with E-state index in [1.54, 1.807) is 7.11 Å². The lowest BCUT2D eigenvalue weighted by Crippen LogP contribution is -2.58. The van der Waals surface area contributed by atoms with Crippen LogP contribution in [0.3, 0.4) is 0 Å². The number of aryl methyl sites for hydroxylation is 1. The Balaban J connectivity index is 0.949. The van der Waals surface area contributed by atoms with Gasteiger partial charge in [0.2, 0.25) is 11.8 Å². The van der Waals surface area contributed by atoms with Gasteiger partial charge in [-0.25, -0.2) is 0 Å². The topological polar surface area (TPSA) is 130 Å². The summed E-state index contributed by atoms with van der Waals surface area (Å²) in [7, 11) is 3.60. The molecule has 0 radical (unpaired) electrons. The van der Waals surface area contributed by atoms with Gasteiger partial charge < -0.3 is 30.3 Å². The van der Waals surface area contributed by atoms with E-state index in [0.29, 0.717) is 42.8 Å². The van der Waals surface area contributed by atoms with Crippen molar-refractivity contribution in [3.05, 3.63) is 42.7 Å². The molecule has 238 valence electrons. The third kappa shape index (κ3) is 5.98. The van der Waals surface area contributed by atoms with Crippen LogP contribution in [0.2, 0.25) is 0 Å². The predicted molar refractivity (Wildman–Crippen MR) is 174 cm³/mol. The number of imide groups is 1. The number of nitrogens with two attached hydrogens (primary N) is 1. The number of methoxy groups -OCH3 is 1. The van der Waals surface area contributed by atoms with Crippen molar-refractivity contribution in [2.24, 2.45) is 13.0 Å². The number of carbonyl (C=O) groups excluding carboxylic acids is 2. The summed E-state index contributed by atoms with van der Waals surface area (Å²) in [5.74, 6) is 1.71. The highest BCUT2D eigenvalue weighted by molar-refractivity contribution is 6.01. The second kappa shape index (κ2) is 12.2. The van der Waals surface area contributed by atoms with Gasteiger partial charge in [-0.3, -0.25) is 24.5 Å². The van der Waals surface area contributed by atoms with Crippen molar-refractivity contribution < 1.29 is 19.1 Å². The molecule has 4 aliphatic heterocycles. The fourth-order valence-electron chi connectivity index (χ4n) is 7.26. The molecule has 45 heavy (non-hydrogen) atoms. The molecule has 3 fully saturated rings. The number of benzene rings is 2. The molecule has 5 heterocycles. The maximum atomic E-state index is 12.2. The average molecular weight is 615 g/mol. The maximum Gasteiger partial charge on any atom is 0.249 e. The summed E-state index contributed by atoms with van der Waals surface area (Å²) in [4.78, 5) is 31.2. The summed E-state index contributed by atoms with van der Waals surface area (Å²) < 4.78 is 13.7. The van der Waals surface area contributed by atoms with Crippen LogP contribution in [0.25, 0.3) is 11.1 Å². The van der Waals surface area contributed by atoms with Crippen molar-refractivity contribution >= 4 is 34.6 Å². The summed E-state index contributed by atoms with van der Waals surface area (Å²) in [6.45, 7) is 6.67. The lowest BCUT2D eigenvalue weighted by atomic mass is 9.94. The number of piperidine rings is 2. The summed E-state index contributed by atoms with van der Waals surface area (Å²) in [5.41, 5.74) is 12.2. The van der Waals surface area contributed by atoms with Gasteiger partial charge in [0.05, 0.1) is 30.7 Å². The predicted octanol–water partition coefficient (Wildman–Crippen LogP) is 2.69. The van der Waals surface area contributed by atoms with Gasteiger partial charge in [0.15, 0.2) is 0 Å². The van der Waals surface area contributed by atoms with Gasteiger partial charge in [-0.1, -0.05) is 0 Å². The molecule has 0 aliphatic carbocycles. The van der Waals surface area contributed by atoms with E-state index in [9.17, 15) is 9.59 Å². The van der Waals surface area contributed by atoms with E-state index < -0.39 is 6.04 Å². The maximum absolute atomic E-state index is 12.2. The zero-order valence-electron chi connectivity index (χ0n) is 26.0. The molecule has 0 spiro atoms. The van der Waals surface area contributed by atoms with Gasteiger partial charge >= 0.3 is 0 Å². The molecule has 1 aromatic heterocycles. The summed E-state index contributed by atoms with van der Waals surface area (Å²) in [6.07, 6.45) is 7.03. The smallest absolute Gasteiger partial charge is 0.249 e. The first kappa shape index (κ1) is 29.3. The Hall–Kier alpha value is -4.45. The van der Waals surface area contributed by atoms with Crippen molar-refractivity contribution in [3.63, 3.8) is 0 Å². The largest absolute Gasteiger partial charge is 0.495 e. The SMILES string of the molecule is COc1cc(N2CCC(CN3CCN4c5ccc(NC6CCC(=O)NC6=O)cc5OCC4C3)CC2)c(-c2cnn(C)c2)cc1N. The summed E-state index contributed by atoms with van der Waals surface area (Å²) in [6, 6.07) is 10.1. The summed E-state index contributed by atoms with van der Waals surface area (Å²) >= 11 is 0. The van der Waals surface area contributed by atoms with Crippen molar-refractivity contribution in [1.29, 1.82) is 0 Å². The Labute approximate surface area is 263 Å². The van der Waals surface area contributed by atoms with E-state index in [0.717, 1.165) is 86.0 Å². The molecule has 2 unspecified atom stereocenters. The fraction of sp³-hybridized carbons (Fsp3) is 0.485. The molecule has 2 amide bonds. The number of ether oxygens (including phenoxy) is 2. The molecule has 2 atom stereocenters. The first-order chi connectivity index (χ1) is 21.8. The second-order valence-electron chi connectivity index (χ2n) is 12.7. The first-order valence-electron chi connectivity index (χ1n) is 15.9. The van der Waals surface area contributed by atoms with Gasteiger partial charge in [0.25, 0.3) is 0 Å². The molecule has 2 aromatic carbocycles. The van der Waals surface area contributed by atoms with Crippen LogP contribution in [0.5, 0.6) is 11.5 Å². The van der Waals surface area contributed by atoms with Crippen LogP contribution >= 0.6 is 0 Å². The first-order valence-corrected chi connectivity index (χ1v) is 15.9. The normalized spacial score (nSPS) is 22.4. The average Bonchev–Trinajstić information content (AvgIpc) is 3.48. The lowest BCUT2D eigenvalue weighted by molar-refractivity contribution is -0.133. The van der Waals surface area contributed by atoms with Crippen molar-refractivity contribution in [1.82, 2.24) is 20.0 Å². The molecular formula is C33H42N8O4. The minimum absolute atomic E-state index is 0.211. The molecule has 3 aromatic rings. The number of fused-ring (bicyclic) bond motifs is 3. The number of carbonyl (C=O) groups is 2. The molecule has 0 saturated carbocycles. The van der Waals surface area contributed by atoms with Crippen molar-refractivity contribution in [3.8, 4) is 22.6 Å². The number of amides is 2. The molecule has 0 bridgehead atoms. The standard InChI is InChI=1S/C33H42N8O4/c1-38-18-22(16-35-38)25-14-26(34)30(44-2)15-29(25)40-9-7-21(8-10-40)17-39-11-12-41-24(19-39)20-45-31-13-23(3-5-28(31)41)36-27-4-6-32(42)37-33(27)43/h3,5,13-16,18,21,24,27,36H,4,6-12,17,19-20,34H2,1-2H3,(H,37,42,43). The number of nitrogens with zero attached hydrogens (tertiary/aromatic N) is 5. The quantitative estimate of drug-likeness (QED) is 0.270. The van der Waals surface area contributed by atoms with Crippen LogP contribution in [-0.4, -0.2) is 91.6 Å². The Bertz CT molecular complexity index is 1580. The third-order valence-corrected chi connectivity index (χ3v) is 9.68. The van der Waals surface area contributed by atoms with Crippen LogP contribution < -0.4 is 35.6 Å². The fourth-order valence-corrected chi connectivity index (χ4v) is 7.26. The highest BCUT2D eigenvalue weighted by Crippen LogP contribution is 2.40. The Morgan fingerprint density at radius 1 is 1.09 bits per heavy atom. The van der Waals surface area contributed by atoms with Crippen LogP contribution in [0.15, 0.2) is 42.7 Å². The van der Waals surface area contributed by atoms with Crippen LogP contribution in [0, 0.1) is 5.92 Å². The number of piperazine rings is 1. The Morgan fingerprint density at radius 3 is 2.69 bits per heavy atom. The van der Waals surface area contributed by atoms with Crippen LogP contribution in [0.4, 0.5) is 22.7 Å². The zero-order valence-corrected chi connectivity index (χ0v) is 26.0. The van der Waals surface area contributed by atoms with Crippen LogP contribution in [0.1, 0.15) is 25.7 Å². The minimum atomic E-state index is -0.412. The van der Waals surface area contributed by atoms with Gasteiger partial charge in [0, 0.05) is 93.6 Å². The molecule has 7 rings (SSSR count). The van der Waals surface area contributed by atoms with Crippen LogP contribution in [-0.2, 0) is 16.6 Å². The molecular weight excluding hydrogens is 572 g/mol. The minimum Gasteiger partial charge on any atom is -0.495 e. The Morgan fingerprint density at radius 2 is 1.93 bits per heavy atom. The molecule has 4 aliphatic rings. The second-order valence-corrected chi connectivity index (χ2v) is 12.7.